The summed E-state index contributed by atoms with van der Waals surface area (Å²) in [6, 6.07) is 4.29. The molecule has 0 bridgehead atoms. The summed E-state index contributed by atoms with van der Waals surface area (Å²) in [4.78, 5) is 4.45. The number of fused-ring (bicyclic) bond motifs is 1. The average Bonchev–Trinajstić information content (AvgIpc) is 3.08. The molecule has 0 radical (unpaired) electrons. The normalized spacial score (nSPS) is 13.2. The van der Waals surface area contributed by atoms with E-state index in [-0.39, 0.29) is 0 Å². The van der Waals surface area contributed by atoms with Crippen molar-refractivity contribution in [3.05, 3.63) is 46.0 Å². The molecule has 0 spiro atoms. The lowest BCUT2D eigenvalue weighted by molar-refractivity contribution is 0.352. The van der Waals surface area contributed by atoms with Gasteiger partial charge in [-0.05, 0) is 30.7 Å². The summed E-state index contributed by atoms with van der Waals surface area (Å²) in [7, 11) is 0. The average molecular weight is 350 g/mol. The molecule has 0 amide bonds. The SMILES string of the molecule is CCCNCc1cn(Cc2cc(Br)cc3c2OCC3)cn1. The van der Waals surface area contributed by atoms with Crippen LogP contribution in [0.3, 0.4) is 0 Å². The zero-order chi connectivity index (χ0) is 14.7. The van der Waals surface area contributed by atoms with Gasteiger partial charge in [0.05, 0.1) is 25.2 Å². The van der Waals surface area contributed by atoms with Gasteiger partial charge in [-0.2, -0.15) is 0 Å². The Balaban J connectivity index is 1.72. The highest BCUT2D eigenvalue weighted by Gasteiger charge is 2.17. The van der Waals surface area contributed by atoms with Crippen LogP contribution in [0.1, 0.15) is 30.2 Å². The van der Waals surface area contributed by atoms with Crippen molar-refractivity contribution in [2.75, 3.05) is 13.2 Å². The zero-order valence-electron chi connectivity index (χ0n) is 12.2. The molecular formula is C16H20BrN3O. The molecule has 112 valence electrons. The van der Waals surface area contributed by atoms with Crippen molar-refractivity contribution >= 4 is 15.9 Å². The van der Waals surface area contributed by atoms with Crippen LogP contribution in [0.25, 0.3) is 0 Å². The van der Waals surface area contributed by atoms with Crippen molar-refractivity contribution in [3.8, 4) is 5.75 Å². The fraction of sp³-hybridized carbons (Fsp3) is 0.438. The highest BCUT2D eigenvalue weighted by Crippen LogP contribution is 2.33. The van der Waals surface area contributed by atoms with E-state index in [0.717, 1.165) is 55.0 Å². The molecule has 2 aromatic rings. The van der Waals surface area contributed by atoms with Gasteiger partial charge >= 0.3 is 0 Å². The van der Waals surface area contributed by atoms with Crippen molar-refractivity contribution in [1.82, 2.24) is 14.9 Å². The molecule has 0 fully saturated rings. The molecule has 4 nitrogen and oxygen atoms in total. The Hall–Kier alpha value is -1.33. The summed E-state index contributed by atoms with van der Waals surface area (Å²) >= 11 is 3.59. The Labute approximate surface area is 133 Å². The van der Waals surface area contributed by atoms with Crippen molar-refractivity contribution in [3.63, 3.8) is 0 Å². The van der Waals surface area contributed by atoms with Gasteiger partial charge < -0.3 is 14.6 Å². The number of nitrogens with one attached hydrogen (secondary N) is 1. The van der Waals surface area contributed by atoms with Crippen molar-refractivity contribution < 1.29 is 4.74 Å². The maximum absolute atomic E-state index is 5.78. The summed E-state index contributed by atoms with van der Waals surface area (Å²) in [6.45, 7) is 5.60. The lowest BCUT2D eigenvalue weighted by Gasteiger charge is -2.09. The molecule has 5 heteroatoms. The van der Waals surface area contributed by atoms with Gasteiger partial charge in [-0.25, -0.2) is 4.98 Å². The van der Waals surface area contributed by atoms with Gasteiger partial charge in [0.2, 0.25) is 0 Å². The van der Waals surface area contributed by atoms with Crippen molar-refractivity contribution in [2.45, 2.75) is 32.9 Å². The summed E-state index contributed by atoms with van der Waals surface area (Å²) in [5.41, 5.74) is 3.59. The van der Waals surface area contributed by atoms with E-state index in [2.05, 4.69) is 56.1 Å². The minimum Gasteiger partial charge on any atom is -0.493 e. The second kappa shape index (κ2) is 6.62. The summed E-state index contributed by atoms with van der Waals surface area (Å²) < 4.78 is 9.01. The smallest absolute Gasteiger partial charge is 0.127 e. The highest BCUT2D eigenvalue weighted by atomic mass is 79.9. The third kappa shape index (κ3) is 3.47. The van der Waals surface area contributed by atoms with E-state index in [1.54, 1.807) is 0 Å². The number of rotatable bonds is 6. The van der Waals surface area contributed by atoms with Gasteiger partial charge in [-0.1, -0.05) is 22.9 Å². The molecule has 1 aromatic heterocycles. The van der Waals surface area contributed by atoms with E-state index >= 15 is 0 Å². The van der Waals surface area contributed by atoms with E-state index in [4.69, 9.17) is 4.74 Å². The van der Waals surface area contributed by atoms with Gasteiger partial charge in [0.15, 0.2) is 0 Å². The zero-order valence-corrected chi connectivity index (χ0v) is 13.8. The van der Waals surface area contributed by atoms with Crippen LogP contribution >= 0.6 is 15.9 Å². The minimum atomic E-state index is 0.787. The van der Waals surface area contributed by atoms with Crippen LogP contribution in [0.15, 0.2) is 29.1 Å². The number of hydrogen-bond acceptors (Lipinski definition) is 3. The fourth-order valence-corrected chi connectivity index (χ4v) is 3.19. The Morgan fingerprint density at radius 2 is 2.33 bits per heavy atom. The maximum atomic E-state index is 5.78. The molecular weight excluding hydrogens is 330 g/mol. The molecule has 1 aromatic carbocycles. The monoisotopic (exact) mass is 349 g/mol. The molecule has 1 aliphatic heterocycles. The molecule has 2 heterocycles. The summed E-state index contributed by atoms with van der Waals surface area (Å²) in [6.07, 6.45) is 6.14. The number of imidazole rings is 1. The third-order valence-electron chi connectivity index (χ3n) is 3.60. The first-order chi connectivity index (χ1) is 10.3. The van der Waals surface area contributed by atoms with E-state index in [9.17, 15) is 0 Å². The Morgan fingerprint density at radius 1 is 1.43 bits per heavy atom. The minimum absolute atomic E-state index is 0.787. The number of halogens is 1. The highest BCUT2D eigenvalue weighted by molar-refractivity contribution is 9.10. The molecule has 3 rings (SSSR count). The van der Waals surface area contributed by atoms with Crippen LogP contribution in [0.5, 0.6) is 5.75 Å². The fourth-order valence-electron chi connectivity index (χ4n) is 2.64. The molecule has 0 saturated carbocycles. The number of benzene rings is 1. The van der Waals surface area contributed by atoms with Crippen LogP contribution < -0.4 is 10.1 Å². The second-order valence-electron chi connectivity index (χ2n) is 5.37. The molecule has 0 atom stereocenters. The van der Waals surface area contributed by atoms with Gasteiger partial charge in [-0.15, -0.1) is 0 Å². The van der Waals surface area contributed by atoms with Crippen LogP contribution in [-0.2, 0) is 19.5 Å². The van der Waals surface area contributed by atoms with E-state index in [1.807, 2.05) is 6.33 Å². The number of aromatic nitrogens is 2. The molecule has 1 N–H and O–H groups in total. The van der Waals surface area contributed by atoms with Crippen LogP contribution in [0.4, 0.5) is 0 Å². The molecule has 0 aliphatic carbocycles. The predicted octanol–water partition coefficient (Wildman–Crippen LogP) is 3.13. The largest absolute Gasteiger partial charge is 0.493 e. The number of nitrogens with zero attached hydrogens (tertiary/aromatic N) is 2. The van der Waals surface area contributed by atoms with E-state index in [0.29, 0.717) is 0 Å². The first-order valence-corrected chi connectivity index (χ1v) is 8.21. The molecule has 0 saturated heterocycles. The standard InChI is InChI=1S/C16H20BrN3O/c1-2-4-18-8-15-10-20(11-19-15)9-13-7-14(17)6-12-3-5-21-16(12)13/h6-7,10-11,18H,2-5,8-9H2,1H3. The quantitative estimate of drug-likeness (QED) is 0.814. The maximum Gasteiger partial charge on any atom is 0.127 e. The Bertz CT molecular complexity index is 624. The number of hydrogen-bond donors (Lipinski definition) is 1. The first-order valence-electron chi connectivity index (χ1n) is 7.41. The van der Waals surface area contributed by atoms with Gasteiger partial charge in [-0.3, -0.25) is 0 Å². The molecule has 21 heavy (non-hydrogen) atoms. The topological polar surface area (TPSA) is 39.1 Å². The van der Waals surface area contributed by atoms with E-state index in [1.165, 1.54) is 11.1 Å². The predicted molar refractivity (Wildman–Crippen MR) is 86.7 cm³/mol. The van der Waals surface area contributed by atoms with E-state index < -0.39 is 0 Å². The lowest BCUT2D eigenvalue weighted by Crippen LogP contribution is -2.13. The van der Waals surface area contributed by atoms with Crippen LogP contribution in [0, 0.1) is 0 Å². The van der Waals surface area contributed by atoms with Crippen LogP contribution in [0.2, 0.25) is 0 Å². The summed E-state index contributed by atoms with van der Waals surface area (Å²) in [5, 5.41) is 3.37. The van der Waals surface area contributed by atoms with Gasteiger partial charge in [0, 0.05) is 29.2 Å². The number of ether oxygens (including phenoxy) is 1. The van der Waals surface area contributed by atoms with Crippen molar-refractivity contribution in [2.24, 2.45) is 0 Å². The Kier molecular flexibility index (Phi) is 4.60. The lowest BCUT2D eigenvalue weighted by atomic mass is 10.1. The molecule has 0 unspecified atom stereocenters. The Morgan fingerprint density at radius 3 is 3.19 bits per heavy atom. The van der Waals surface area contributed by atoms with Crippen molar-refractivity contribution in [1.29, 1.82) is 0 Å². The molecule has 1 aliphatic rings. The van der Waals surface area contributed by atoms with Gasteiger partial charge in [0.1, 0.15) is 5.75 Å². The van der Waals surface area contributed by atoms with Crippen LogP contribution in [-0.4, -0.2) is 22.7 Å². The third-order valence-corrected chi connectivity index (χ3v) is 4.06. The second-order valence-corrected chi connectivity index (χ2v) is 6.28. The van der Waals surface area contributed by atoms with Gasteiger partial charge in [0.25, 0.3) is 0 Å². The summed E-state index contributed by atoms with van der Waals surface area (Å²) in [5.74, 6) is 1.05. The first kappa shape index (κ1) is 14.6.